The van der Waals surface area contributed by atoms with Crippen LogP contribution in [0.15, 0.2) is 46.0 Å². The van der Waals surface area contributed by atoms with E-state index in [0.29, 0.717) is 47.5 Å². The summed E-state index contributed by atoms with van der Waals surface area (Å²) in [5.41, 5.74) is 0.698. The molecule has 48 heavy (non-hydrogen) atoms. The van der Waals surface area contributed by atoms with Gasteiger partial charge < -0.3 is 29.4 Å². The van der Waals surface area contributed by atoms with E-state index in [0.717, 1.165) is 4.57 Å². The van der Waals surface area contributed by atoms with Gasteiger partial charge in [-0.2, -0.15) is 0 Å². The Kier molecular flexibility index (Phi) is 13.3. The number of amides is 2. The molecule has 1 unspecified atom stereocenters. The lowest BCUT2D eigenvalue weighted by Crippen LogP contribution is -2.43. The molecule has 0 aliphatic rings. The predicted molar refractivity (Wildman–Crippen MR) is 184 cm³/mol. The quantitative estimate of drug-likeness (QED) is 0.188. The second kappa shape index (κ2) is 16.7. The Morgan fingerprint density at radius 3 is 2.17 bits per heavy atom. The van der Waals surface area contributed by atoms with Crippen LogP contribution in [0.4, 0.5) is 4.79 Å². The number of ether oxygens (including phenoxy) is 3. The molecule has 0 radical (unpaired) electrons. The summed E-state index contributed by atoms with van der Waals surface area (Å²) < 4.78 is 18.7. The zero-order chi connectivity index (χ0) is 35.8. The van der Waals surface area contributed by atoms with Gasteiger partial charge in [0, 0.05) is 32.8 Å². The highest BCUT2D eigenvalue weighted by atomic mass is 35.5. The molecular formula is C34H42Cl2N4O8. The molecule has 2 aromatic carbocycles. The van der Waals surface area contributed by atoms with Gasteiger partial charge in [0.15, 0.2) is 0 Å². The fraction of sp³-hybridized carbons (Fsp3) is 0.441. The Morgan fingerprint density at radius 1 is 0.958 bits per heavy atom. The second-order valence-electron chi connectivity index (χ2n) is 12.2. The number of carbonyl (C=O) groups is 3. The topological polar surface area (TPSA) is 147 Å². The van der Waals surface area contributed by atoms with Crippen molar-refractivity contribution in [3.05, 3.63) is 84.1 Å². The van der Waals surface area contributed by atoms with Crippen LogP contribution in [0.25, 0.3) is 11.1 Å². The fourth-order valence-corrected chi connectivity index (χ4v) is 5.30. The van der Waals surface area contributed by atoms with E-state index in [4.69, 9.17) is 37.4 Å². The molecule has 14 heteroatoms. The third-order valence-corrected chi connectivity index (χ3v) is 7.77. The van der Waals surface area contributed by atoms with E-state index in [2.05, 4.69) is 10.6 Å². The van der Waals surface area contributed by atoms with Crippen LogP contribution in [0.3, 0.4) is 0 Å². The molecule has 3 rings (SSSR count). The Morgan fingerprint density at radius 2 is 1.58 bits per heavy atom. The lowest BCUT2D eigenvalue weighted by atomic mass is 10.00. The molecule has 12 nitrogen and oxygen atoms in total. The van der Waals surface area contributed by atoms with Gasteiger partial charge >= 0.3 is 17.8 Å². The number of hydrogen-bond acceptors (Lipinski definition) is 8. The minimum atomic E-state index is -1.08. The van der Waals surface area contributed by atoms with Crippen LogP contribution in [-0.4, -0.2) is 58.5 Å². The van der Waals surface area contributed by atoms with E-state index < -0.39 is 40.9 Å². The molecule has 1 atom stereocenters. The summed E-state index contributed by atoms with van der Waals surface area (Å²) in [6.07, 6.45) is 0.611. The largest absolute Gasteiger partial charge is 0.493 e. The first-order chi connectivity index (χ1) is 22.5. The van der Waals surface area contributed by atoms with Crippen molar-refractivity contribution in [2.45, 2.75) is 65.5 Å². The third-order valence-electron chi connectivity index (χ3n) is 7.18. The van der Waals surface area contributed by atoms with Crippen LogP contribution >= 0.6 is 23.2 Å². The van der Waals surface area contributed by atoms with Crippen molar-refractivity contribution in [2.24, 2.45) is 14.1 Å². The SMILES string of the molecule is CCCOC(=O)C(Cc1ccc(-c2c(C)n(C)c(=O)n(C)c2=O)cc1)NC(=O)c1c(Cl)cc(OCCCNC(=O)OC(C)(C)C)cc1Cl. The summed E-state index contributed by atoms with van der Waals surface area (Å²) in [7, 11) is 3.02. The number of hydrogen-bond donors (Lipinski definition) is 2. The van der Waals surface area contributed by atoms with Crippen molar-refractivity contribution < 1.29 is 28.6 Å². The van der Waals surface area contributed by atoms with Crippen molar-refractivity contribution in [1.82, 2.24) is 19.8 Å². The van der Waals surface area contributed by atoms with E-state index in [1.807, 2.05) is 6.92 Å². The maximum Gasteiger partial charge on any atom is 0.407 e. The highest BCUT2D eigenvalue weighted by molar-refractivity contribution is 6.40. The monoisotopic (exact) mass is 704 g/mol. The third kappa shape index (κ3) is 10.1. The number of nitrogens with one attached hydrogen (secondary N) is 2. The van der Waals surface area contributed by atoms with E-state index in [-0.39, 0.29) is 35.2 Å². The zero-order valence-corrected chi connectivity index (χ0v) is 29.7. The van der Waals surface area contributed by atoms with Crippen LogP contribution < -0.4 is 26.6 Å². The zero-order valence-electron chi connectivity index (χ0n) is 28.2. The number of halogens is 2. The van der Waals surface area contributed by atoms with Crippen molar-refractivity contribution >= 4 is 41.2 Å². The lowest BCUT2D eigenvalue weighted by molar-refractivity contribution is -0.145. The summed E-state index contributed by atoms with van der Waals surface area (Å²) in [6.45, 7) is 9.59. The molecular weight excluding hydrogens is 663 g/mol. The predicted octanol–water partition coefficient (Wildman–Crippen LogP) is 4.95. The number of rotatable bonds is 13. The Balaban J connectivity index is 1.72. The molecule has 2 amide bonds. The molecule has 0 aliphatic heterocycles. The number of alkyl carbamates (subject to hydrolysis) is 1. The number of esters is 1. The van der Waals surface area contributed by atoms with E-state index in [9.17, 15) is 24.0 Å². The summed E-state index contributed by atoms with van der Waals surface area (Å²) in [6, 6.07) is 8.72. The van der Waals surface area contributed by atoms with Crippen LogP contribution in [0.2, 0.25) is 10.0 Å². The molecule has 3 aromatic rings. The summed E-state index contributed by atoms with van der Waals surface area (Å²) in [4.78, 5) is 63.4. The highest BCUT2D eigenvalue weighted by Crippen LogP contribution is 2.31. The molecule has 1 aromatic heterocycles. The molecule has 0 spiro atoms. The minimum absolute atomic E-state index is 0.0149. The summed E-state index contributed by atoms with van der Waals surface area (Å²) >= 11 is 12.9. The minimum Gasteiger partial charge on any atom is -0.493 e. The molecule has 0 saturated heterocycles. The van der Waals surface area contributed by atoms with Crippen LogP contribution in [0.1, 0.15) is 62.2 Å². The fourth-order valence-electron chi connectivity index (χ4n) is 4.66. The van der Waals surface area contributed by atoms with Crippen molar-refractivity contribution in [3.63, 3.8) is 0 Å². The molecule has 0 aliphatic carbocycles. The molecule has 0 saturated carbocycles. The van der Waals surface area contributed by atoms with E-state index in [1.54, 1.807) is 59.0 Å². The molecule has 2 N–H and O–H groups in total. The normalized spacial score (nSPS) is 11.9. The molecule has 0 fully saturated rings. The van der Waals surface area contributed by atoms with E-state index >= 15 is 0 Å². The Bertz CT molecular complexity index is 1740. The summed E-state index contributed by atoms with van der Waals surface area (Å²) in [5, 5.41) is 5.37. The van der Waals surface area contributed by atoms with Gasteiger partial charge in [-0.05, 0) is 63.8 Å². The Labute approximate surface area is 289 Å². The van der Waals surface area contributed by atoms with Gasteiger partial charge in [0.25, 0.3) is 11.5 Å². The van der Waals surface area contributed by atoms with Gasteiger partial charge in [-0.15, -0.1) is 0 Å². The maximum atomic E-state index is 13.4. The van der Waals surface area contributed by atoms with Crippen molar-refractivity contribution in [1.29, 1.82) is 0 Å². The molecule has 0 bridgehead atoms. The van der Waals surface area contributed by atoms with Gasteiger partial charge in [-0.25, -0.2) is 14.4 Å². The van der Waals surface area contributed by atoms with Crippen LogP contribution in [0, 0.1) is 6.92 Å². The second-order valence-corrected chi connectivity index (χ2v) is 13.0. The first-order valence-electron chi connectivity index (χ1n) is 15.5. The van der Waals surface area contributed by atoms with Gasteiger partial charge in [0.1, 0.15) is 17.4 Å². The molecule has 260 valence electrons. The lowest BCUT2D eigenvalue weighted by Gasteiger charge is -2.20. The van der Waals surface area contributed by atoms with Gasteiger partial charge in [-0.1, -0.05) is 54.4 Å². The standard InChI is InChI=1S/C34H42Cl2N4O8/c1-8-15-47-31(43)26(17-21-10-12-22(13-11-21)27-20(2)39(6)33(45)40(7)30(27)42)38-29(41)28-24(35)18-23(19-25(28)36)46-16-9-14-37-32(44)48-34(3,4)5/h10-13,18-19,26H,8-9,14-17H2,1-7H3,(H,37,44)(H,38,41). The van der Waals surface area contributed by atoms with Crippen molar-refractivity contribution in [3.8, 4) is 16.9 Å². The number of benzene rings is 2. The first-order valence-corrected chi connectivity index (χ1v) is 16.2. The van der Waals surface area contributed by atoms with Crippen LogP contribution in [-0.2, 0) is 34.8 Å². The number of aromatic nitrogens is 2. The van der Waals surface area contributed by atoms with Crippen LogP contribution in [0.5, 0.6) is 5.75 Å². The smallest absolute Gasteiger partial charge is 0.407 e. The van der Waals surface area contributed by atoms with Gasteiger partial charge in [-0.3, -0.25) is 14.2 Å². The van der Waals surface area contributed by atoms with Crippen molar-refractivity contribution in [2.75, 3.05) is 19.8 Å². The number of carbonyl (C=O) groups excluding carboxylic acids is 3. The number of nitrogens with zero attached hydrogens (tertiary/aromatic N) is 2. The summed E-state index contributed by atoms with van der Waals surface area (Å²) in [5.74, 6) is -0.997. The van der Waals surface area contributed by atoms with Gasteiger partial charge in [0.2, 0.25) is 0 Å². The van der Waals surface area contributed by atoms with E-state index in [1.165, 1.54) is 23.7 Å². The average Bonchev–Trinajstić information content (AvgIpc) is 3.00. The highest BCUT2D eigenvalue weighted by Gasteiger charge is 2.26. The average molecular weight is 706 g/mol. The molecule has 1 heterocycles. The van der Waals surface area contributed by atoms with Gasteiger partial charge in [0.05, 0.1) is 34.4 Å². The first kappa shape index (κ1) is 38.2. The maximum absolute atomic E-state index is 13.4. The Hall–Kier alpha value is -4.29.